The van der Waals surface area contributed by atoms with E-state index in [9.17, 15) is 13.2 Å². The number of aryl methyl sites for hydroxylation is 1. The molecule has 3 aromatic rings. The highest BCUT2D eigenvalue weighted by Gasteiger charge is 2.22. The molecule has 0 saturated carbocycles. The van der Waals surface area contributed by atoms with Crippen molar-refractivity contribution in [1.82, 2.24) is 4.31 Å². The zero-order valence-electron chi connectivity index (χ0n) is 16.5. The summed E-state index contributed by atoms with van der Waals surface area (Å²) in [6.45, 7) is 1.95. The Morgan fingerprint density at radius 3 is 2.30 bits per heavy atom. The van der Waals surface area contributed by atoms with Crippen molar-refractivity contribution < 1.29 is 17.9 Å². The zero-order chi connectivity index (χ0) is 21.4. The van der Waals surface area contributed by atoms with Crippen molar-refractivity contribution in [3.63, 3.8) is 0 Å². The Labute approximate surface area is 177 Å². The molecule has 0 amide bonds. The summed E-state index contributed by atoms with van der Waals surface area (Å²) in [5.41, 5.74) is 2.19. The SMILES string of the molecule is Cc1ccc(S(=O)(=O)N(C#CCOc2ccccc2C=O)Cc2ccccc2)cc1. The number of para-hydroxylation sites is 1. The number of sulfonamides is 1. The number of hydrogen-bond acceptors (Lipinski definition) is 4. The summed E-state index contributed by atoms with van der Waals surface area (Å²) in [5.74, 6) is 3.15. The van der Waals surface area contributed by atoms with Crippen LogP contribution >= 0.6 is 0 Å². The van der Waals surface area contributed by atoms with Crippen molar-refractivity contribution in [3.8, 4) is 17.7 Å². The molecule has 6 heteroatoms. The normalized spacial score (nSPS) is 10.6. The minimum atomic E-state index is -3.83. The molecule has 0 aromatic heterocycles. The lowest BCUT2D eigenvalue weighted by Gasteiger charge is -2.18. The van der Waals surface area contributed by atoms with Crippen LogP contribution in [0.3, 0.4) is 0 Å². The lowest BCUT2D eigenvalue weighted by atomic mass is 10.2. The van der Waals surface area contributed by atoms with Crippen LogP contribution in [0.15, 0.2) is 83.8 Å². The summed E-state index contributed by atoms with van der Waals surface area (Å²) in [5, 5.41) is 0. The Bertz CT molecular complexity index is 1160. The van der Waals surface area contributed by atoms with E-state index in [1.165, 1.54) is 0 Å². The van der Waals surface area contributed by atoms with Gasteiger partial charge >= 0.3 is 0 Å². The van der Waals surface area contributed by atoms with Crippen molar-refractivity contribution in [2.24, 2.45) is 0 Å². The highest BCUT2D eigenvalue weighted by atomic mass is 32.2. The number of carbonyl (C=O) groups excluding carboxylic acids is 1. The van der Waals surface area contributed by atoms with Crippen molar-refractivity contribution >= 4 is 16.3 Å². The van der Waals surface area contributed by atoms with Crippen LogP contribution < -0.4 is 4.74 Å². The highest BCUT2D eigenvalue weighted by Crippen LogP contribution is 2.19. The van der Waals surface area contributed by atoms with Gasteiger partial charge in [-0.15, -0.1) is 0 Å². The van der Waals surface area contributed by atoms with Gasteiger partial charge in [-0.1, -0.05) is 60.2 Å². The van der Waals surface area contributed by atoms with Crippen LogP contribution in [0.25, 0.3) is 0 Å². The summed E-state index contributed by atoms with van der Waals surface area (Å²) in [7, 11) is -3.83. The molecule has 0 unspecified atom stereocenters. The first-order valence-corrected chi connectivity index (χ1v) is 10.7. The Morgan fingerprint density at radius 1 is 0.933 bits per heavy atom. The first kappa shape index (κ1) is 21.2. The number of benzene rings is 3. The Hall–Kier alpha value is -3.56. The van der Waals surface area contributed by atoms with E-state index in [1.54, 1.807) is 48.5 Å². The number of carbonyl (C=O) groups is 1. The number of rotatable bonds is 7. The fourth-order valence-corrected chi connectivity index (χ4v) is 3.95. The third kappa shape index (κ3) is 5.28. The van der Waals surface area contributed by atoms with Gasteiger partial charge in [-0.3, -0.25) is 4.79 Å². The molecule has 3 aromatic carbocycles. The molecule has 0 aliphatic rings. The average Bonchev–Trinajstić information content (AvgIpc) is 2.77. The van der Waals surface area contributed by atoms with E-state index < -0.39 is 10.0 Å². The lowest BCUT2D eigenvalue weighted by Crippen LogP contribution is -2.26. The molecule has 0 heterocycles. The topological polar surface area (TPSA) is 63.7 Å². The molecule has 0 aliphatic heterocycles. The van der Waals surface area contributed by atoms with Crippen LogP contribution in [-0.4, -0.2) is 25.6 Å². The molecule has 3 rings (SSSR count). The van der Waals surface area contributed by atoms with Gasteiger partial charge < -0.3 is 4.74 Å². The van der Waals surface area contributed by atoms with Crippen molar-refractivity contribution in [1.29, 1.82) is 0 Å². The van der Waals surface area contributed by atoms with Gasteiger partial charge in [-0.05, 0) is 42.7 Å². The van der Waals surface area contributed by atoms with Crippen molar-refractivity contribution in [3.05, 3.63) is 95.6 Å². The fraction of sp³-hybridized carbons (Fsp3) is 0.125. The molecule has 0 fully saturated rings. The molecule has 0 bridgehead atoms. The monoisotopic (exact) mass is 419 g/mol. The average molecular weight is 420 g/mol. The van der Waals surface area contributed by atoms with Gasteiger partial charge in [0.15, 0.2) is 12.9 Å². The van der Waals surface area contributed by atoms with Gasteiger partial charge in [0.25, 0.3) is 10.0 Å². The van der Waals surface area contributed by atoms with E-state index >= 15 is 0 Å². The van der Waals surface area contributed by atoms with Crippen LogP contribution in [-0.2, 0) is 16.6 Å². The molecule has 0 aliphatic carbocycles. The van der Waals surface area contributed by atoms with Gasteiger partial charge in [-0.2, -0.15) is 0 Å². The van der Waals surface area contributed by atoms with E-state index in [4.69, 9.17) is 4.74 Å². The minimum Gasteiger partial charge on any atom is -0.480 e. The number of aldehydes is 1. The number of hydrogen-bond donors (Lipinski definition) is 0. The van der Waals surface area contributed by atoms with E-state index in [1.807, 2.05) is 37.3 Å². The second-order valence-corrected chi connectivity index (χ2v) is 8.41. The van der Waals surface area contributed by atoms with E-state index in [0.29, 0.717) is 17.6 Å². The van der Waals surface area contributed by atoms with Gasteiger partial charge in [0.05, 0.1) is 17.0 Å². The fourth-order valence-electron chi connectivity index (χ4n) is 2.71. The maximum absolute atomic E-state index is 13.1. The molecule has 0 spiro atoms. The first-order valence-electron chi connectivity index (χ1n) is 9.29. The predicted molar refractivity (Wildman–Crippen MR) is 115 cm³/mol. The Kier molecular flexibility index (Phi) is 6.89. The number of ether oxygens (including phenoxy) is 1. The standard InChI is InChI=1S/C24H21NO4S/c1-20-12-14-23(15-13-20)30(27,28)25(18-21-8-3-2-4-9-21)16-7-17-29-24-11-6-5-10-22(24)19-26/h2-6,8-15,19H,17-18H2,1H3. The minimum absolute atomic E-state index is 0.0560. The zero-order valence-corrected chi connectivity index (χ0v) is 17.3. The second-order valence-electron chi connectivity index (χ2n) is 6.54. The van der Waals surface area contributed by atoms with Gasteiger partial charge in [-0.25, -0.2) is 12.7 Å². The summed E-state index contributed by atoms with van der Waals surface area (Å²) < 4.78 is 32.9. The van der Waals surface area contributed by atoms with Crippen LogP contribution in [0.2, 0.25) is 0 Å². The highest BCUT2D eigenvalue weighted by molar-refractivity contribution is 7.89. The molecular weight excluding hydrogens is 398 g/mol. The van der Waals surface area contributed by atoms with Crippen LogP contribution in [0.4, 0.5) is 0 Å². The van der Waals surface area contributed by atoms with E-state index in [-0.39, 0.29) is 18.0 Å². The maximum Gasteiger partial charge on any atom is 0.271 e. The van der Waals surface area contributed by atoms with Gasteiger partial charge in [0.1, 0.15) is 5.75 Å². The third-order valence-electron chi connectivity index (χ3n) is 4.33. The Morgan fingerprint density at radius 2 is 1.60 bits per heavy atom. The summed E-state index contributed by atoms with van der Waals surface area (Å²) in [4.78, 5) is 11.3. The summed E-state index contributed by atoms with van der Waals surface area (Å²) in [6.07, 6.45) is 0.701. The summed E-state index contributed by atoms with van der Waals surface area (Å²) >= 11 is 0. The van der Waals surface area contributed by atoms with Crippen molar-refractivity contribution in [2.75, 3.05) is 6.61 Å². The van der Waals surface area contributed by atoms with Crippen LogP contribution in [0, 0.1) is 18.9 Å². The maximum atomic E-state index is 13.1. The first-order chi connectivity index (χ1) is 14.5. The molecular formula is C24H21NO4S. The smallest absolute Gasteiger partial charge is 0.271 e. The number of nitrogens with zero attached hydrogens (tertiary/aromatic N) is 1. The quantitative estimate of drug-likeness (QED) is 0.329. The molecule has 30 heavy (non-hydrogen) atoms. The summed E-state index contributed by atoms with van der Waals surface area (Å²) in [6, 6.07) is 25.4. The van der Waals surface area contributed by atoms with Gasteiger partial charge in [0, 0.05) is 6.04 Å². The molecule has 0 atom stereocenters. The lowest BCUT2D eigenvalue weighted by molar-refractivity contribution is 0.112. The Balaban J connectivity index is 1.84. The largest absolute Gasteiger partial charge is 0.480 e. The van der Waals surface area contributed by atoms with Crippen LogP contribution in [0.1, 0.15) is 21.5 Å². The molecule has 152 valence electrons. The third-order valence-corrected chi connectivity index (χ3v) is 6.00. The van der Waals surface area contributed by atoms with Crippen LogP contribution in [0.5, 0.6) is 5.75 Å². The van der Waals surface area contributed by atoms with E-state index in [0.717, 1.165) is 15.4 Å². The van der Waals surface area contributed by atoms with E-state index in [2.05, 4.69) is 12.0 Å². The second kappa shape index (κ2) is 9.77. The molecule has 0 radical (unpaired) electrons. The molecule has 0 N–H and O–H groups in total. The van der Waals surface area contributed by atoms with Crippen molar-refractivity contribution in [2.45, 2.75) is 18.4 Å². The molecule has 5 nitrogen and oxygen atoms in total. The predicted octanol–water partition coefficient (Wildman–Crippen LogP) is 4.04. The van der Waals surface area contributed by atoms with Gasteiger partial charge in [0.2, 0.25) is 0 Å². The molecule has 0 saturated heterocycles.